The van der Waals surface area contributed by atoms with Gasteiger partial charge in [-0.2, -0.15) is 0 Å². The van der Waals surface area contributed by atoms with E-state index in [2.05, 4.69) is 88.9 Å². The van der Waals surface area contributed by atoms with Crippen LogP contribution in [0.4, 0.5) is 0 Å². The summed E-state index contributed by atoms with van der Waals surface area (Å²) >= 11 is 0. The average Bonchev–Trinajstić information content (AvgIpc) is 2.81. The molecule has 0 atom stereocenters. The van der Waals surface area contributed by atoms with Gasteiger partial charge in [0.05, 0.1) is 5.52 Å². The second-order valence-electron chi connectivity index (χ2n) is 8.29. The van der Waals surface area contributed by atoms with Gasteiger partial charge in [0.15, 0.2) is 0 Å². The highest BCUT2D eigenvalue weighted by molar-refractivity contribution is 5.81. The van der Waals surface area contributed by atoms with Crippen molar-refractivity contribution in [3.63, 3.8) is 0 Å². The lowest BCUT2D eigenvalue weighted by Crippen LogP contribution is -2.32. The van der Waals surface area contributed by atoms with Gasteiger partial charge in [-0.3, -0.25) is 14.9 Å². The quantitative estimate of drug-likeness (QED) is 0.442. The number of benzene rings is 2. The summed E-state index contributed by atoms with van der Waals surface area (Å²) in [7, 11) is 0. The third kappa shape index (κ3) is 4.27. The molecule has 4 aromatic rings. The fourth-order valence-electron chi connectivity index (χ4n) is 4.53. The molecule has 150 valence electrons. The van der Waals surface area contributed by atoms with E-state index in [1.54, 1.807) is 0 Å². The summed E-state index contributed by atoms with van der Waals surface area (Å²) in [6, 6.07) is 25.7. The van der Waals surface area contributed by atoms with Crippen molar-refractivity contribution in [3.8, 4) is 0 Å². The van der Waals surface area contributed by atoms with E-state index in [1.165, 1.54) is 40.6 Å². The van der Waals surface area contributed by atoms with E-state index in [0.29, 0.717) is 5.92 Å². The van der Waals surface area contributed by atoms with Gasteiger partial charge in [-0.1, -0.05) is 54.6 Å². The van der Waals surface area contributed by atoms with Crippen molar-refractivity contribution < 1.29 is 0 Å². The number of rotatable bonds is 5. The molecule has 0 amide bonds. The van der Waals surface area contributed by atoms with Crippen molar-refractivity contribution in [1.29, 1.82) is 0 Å². The lowest BCUT2D eigenvalue weighted by molar-refractivity contribution is 0.204. The van der Waals surface area contributed by atoms with Crippen molar-refractivity contribution >= 4 is 10.9 Å². The molecule has 1 fully saturated rings. The molecule has 30 heavy (non-hydrogen) atoms. The molecular formula is C27H27N3. The van der Waals surface area contributed by atoms with Crippen LogP contribution < -0.4 is 0 Å². The maximum atomic E-state index is 4.82. The number of nitrogens with zero attached hydrogens (tertiary/aromatic N) is 3. The zero-order valence-electron chi connectivity index (χ0n) is 17.2. The summed E-state index contributed by atoms with van der Waals surface area (Å²) < 4.78 is 0. The van der Waals surface area contributed by atoms with Gasteiger partial charge >= 0.3 is 0 Å². The third-order valence-electron chi connectivity index (χ3n) is 6.24. The highest BCUT2D eigenvalue weighted by Gasteiger charge is 2.22. The van der Waals surface area contributed by atoms with Crippen LogP contribution in [0, 0.1) is 0 Å². The molecule has 0 unspecified atom stereocenters. The van der Waals surface area contributed by atoms with Crippen molar-refractivity contribution in [2.75, 3.05) is 13.1 Å². The van der Waals surface area contributed by atoms with E-state index in [-0.39, 0.29) is 0 Å². The molecule has 0 spiro atoms. The van der Waals surface area contributed by atoms with E-state index in [4.69, 9.17) is 4.98 Å². The summed E-state index contributed by atoms with van der Waals surface area (Å²) in [5.41, 5.74) is 6.34. The van der Waals surface area contributed by atoms with Crippen LogP contribution in [-0.4, -0.2) is 28.0 Å². The molecule has 0 saturated carbocycles. The van der Waals surface area contributed by atoms with Crippen LogP contribution in [0.5, 0.6) is 0 Å². The van der Waals surface area contributed by atoms with Gasteiger partial charge in [0, 0.05) is 35.9 Å². The van der Waals surface area contributed by atoms with Crippen LogP contribution >= 0.6 is 0 Å². The smallest absolute Gasteiger partial charge is 0.0705 e. The Labute approximate surface area is 178 Å². The first-order valence-corrected chi connectivity index (χ1v) is 10.9. The minimum atomic E-state index is 0.571. The van der Waals surface area contributed by atoms with Crippen molar-refractivity contribution in [1.82, 2.24) is 14.9 Å². The Morgan fingerprint density at radius 2 is 1.57 bits per heavy atom. The molecule has 2 aromatic heterocycles. The topological polar surface area (TPSA) is 29.0 Å². The molecule has 0 aliphatic carbocycles. The highest BCUT2D eigenvalue weighted by atomic mass is 15.1. The first kappa shape index (κ1) is 19.0. The Balaban J connectivity index is 1.19. The van der Waals surface area contributed by atoms with E-state index in [1.807, 2.05) is 6.20 Å². The fraction of sp³-hybridized carbons (Fsp3) is 0.259. The van der Waals surface area contributed by atoms with Gasteiger partial charge < -0.3 is 0 Å². The molecular weight excluding hydrogens is 366 g/mol. The van der Waals surface area contributed by atoms with Crippen LogP contribution in [0.2, 0.25) is 0 Å². The molecule has 1 aliphatic rings. The number of aromatic nitrogens is 2. The van der Waals surface area contributed by atoms with Crippen LogP contribution in [-0.2, 0) is 13.0 Å². The summed E-state index contributed by atoms with van der Waals surface area (Å²) in [6.45, 7) is 3.24. The minimum absolute atomic E-state index is 0.571. The van der Waals surface area contributed by atoms with E-state index in [0.717, 1.165) is 31.6 Å². The summed E-state index contributed by atoms with van der Waals surface area (Å²) in [5, 5.41) is 1.28. The Bertz CT molecular complexity index is 1090. The summed E-state index contributed by atoms with van der Waals surface area (Å²) in [5.74, 6) is 0.571. The SMILES string of the molecule is c1ccc(Cc2ccc(C3CCN(Cc4ccnc5ccccc45)CC3)nc2)cc1. The van der Waals surface area contributed by atoms with Crippen LogP contribution in [0.1, 0.15) is 41.1 Å². The normalized spacial score (nSPS) is 15.5. The first-order valence-electron chi connectivity index (χ1n) is 10.9. The Kier molecular flexibility index (Phi) is 5.54. The predicted octanol–water partition coefficient (Wildman–Crippen LogP) is 5.60. The number of para-hydroxylation sites is 1. The van der Waals surface area contributed by atoms with E-state index < -0.39 is 0 Å². The van der Waals surface area contributed by atoms with Gasteiger partial charge in [0.25, 0.3) is 0 Å². The number of piperidine rings is 1. The molecule has 1 aliphatic heterocycles. The Hall–Kier alpha value is -3.04. The number of likely N-dealkylation sites (tertiary alicyclic amines) is 1. The van der Waals surface area contributed by atoms with Crippen molar-refractivity contribution in [3.05, 3.63) is 108 Å². The van der Waals surface area contributed by atoms with E-state index in [9.17, 15) is 0 Å². The zero-order chi connectivity index (χ0) is 20.2. The first-order chi connectivity index (χ1) is 14.8. The summed E-state index contributed by atoms with van der Waals surface area (Å²) in [4.78, 5) is 11.9. The second-order valence-corrected chi connectivity index (χ2v) is 8.29. The van der Waals surface area contributed by atoms with Gasteiger partial charge in [-0.25, -0.2) is 0 Å². The largest absolute Gasteiger partial charge is 0.299 e. The maximum Gasteiger partial charge on any atom is 0.0705 e. The molecule has 0 radical (unpaired) electrons. The predicted molar refractivity (Wildman–Crippen MR) is 122 cm³/mol. The van der Waals surface area contributed by atoms with Gasteiger partial charge in [0.1, 0.15) is 0 Å². The Morgan fingerprint density at radius 1 is 0.767 bits per heavy atom. The second kappa shape index (κ2) is 8.76. The molecule has 3 heterocycles. The van der Waals surface area contributed by atoms with Gasteiger partial charge in [-0.15, -0.1) is 0 Å². The standard InChI is InChI=1S/C27H27N3/c1-2-6-21(7-3-1)18-22-10-11-26(29-19-22)23-13-16-30(17-14-23)20-24-12-15-28-27-9-5-4-8-25(24)27/h1-12,15,19,23H,13-14,16-18,20H2. The molecule has 3 heteroatoms. The summed E-state index contributed by atoms with van der Waals surface area (Å²) in [6.07, 6.45) is 7.30. The molecule has 0 N–H and O–H groups in total. The minimum Gasteiger partial charge on any atom is -0.299 e. The molecule has 2 aromatic carbocycles. The number of hydrogen-bond acceptors (Lipinski definition) is 3. The number of pyridine rings is 2. The maximum absolute atomic E-state index is 4.82. The van der Waals surface area contributed by atoms with Crippen LogP contribution in [0.25, 0.3) is 10.9 Å². The average molecular weight is 394 g/mol. The van der Waals surface area contributed by atoms with Gasteiger partial charge in [0.2, 0.25) is 0 Å². The number of hydrogen-bond donors (Lipinski definition) is 0. The number of fused-ring (bicyclic) bond motifs is 1. The Morgan fingerprint density at radius 3 is 2.37 bits per heavy atom. The zero-order valence-corrected chi connectivity index (χ0v) is 17.2. The highest BCUT2D eigenvalue weighted by Crippen LogP contribution is 2.28. The lowest BCUT2D eigenvalue weighted by Gasteiger charge is -2.32. The molecule has 0 bridgehead atoms. The van der Waals surface area contributed by atoms with E-state index >= 15 is 0 Å². The van der Waals surface area contributed by atoms with Gasteiger partial charge in [-0.05, 0) is 67.2 Å². The van der Waals surface area contributed by atoms with Crippen molar-refractivity contribution in [2.24, 2.45) is 0 Å². The third-order valence-corrected chi connectivity index (χ3v) is 6.24. The molecule has 5 rings (SSSR count). The molecule has 1 saturated heterocycles. The molecule has 3 nitrogen and oxygen atoms in total. The van der Waals surface area contributed by atoms with Crippen molar-refractivity contribution in [2.45, 2.75) is 31.7 Å². The lowest BCUT2D eigenvalue weighted by atomic mass is 9.92. The van der Waals surface area contributed by atoms with Crippen LogP contribution in [0.3, 0.4) is 0 Å². The van der Waals surface area contributed by atoms with Crippen LogP contribution in [0.15, 0.2) is 85.2 Å². The fourth-order valence-corrected chi connectivity index (χ4v) is 4.53. The monoisotopic (exact) mass is 393 g/mol.